The fraction of sp³-hybridized carbons (Fsp3) is 0.107. The number of ketones is 1. The van der Waals surface area contributed by atoms with E-state index in [0.29, 0.717) is 26.7 Å². The summed E-state index contributed by atoms with van der Waals surface area (Å²) in [5.41, 5.74) is 2.24. The Morgan fingerprint density at radius 1 is 1.08 bits per heavy atom. The zero-order chi connectivity index (χ0) is 26.3. The number of halogens is 2. The van der Waals surface area contributed by atoms with E-state index in [1.807, 2.05) is 30.3 Å². The Labute approximate surface area is 220 Å². The lowest BCUT2D eigenvalue weighted by atomic mass is 9.94. The summed E-state index contributed by atoms with van der Waals surface area (Å²) in [7, 11) is 0. The molecule has 2 N–H and O–H groups in total. The van der Waals surface area contributed by atoms with Gasteiger partial charge in [0.25, 0.3) is 5.91 Å². The lowest BCUT2D eigenvalue weighted by molar-refractivity contribution is -0.130. The number of benzene rings is 3. The first-order valence-corrected chi connectivity index (χ1v) is 12.5. The highest BCUT2D eigenvalue weighted by Gasteiger charge is 2.44. The average molecular weight is 535 g/mol. The van der Waals surface area contributed by atoms with Crippen LogP contribution in [0.5, 0.6) is 5.75 Å². The van der Waals surface area contributed by atoms with Crippen LogP contribution in [0, 0.1) is 12.7 Å². The molecule has 0 aliphatic carbocycles. The molecule has 1 unspecified atom stereocenters. The number of aromatic nitrogens is 1. The molecule has 0 saturated carbocycles. The summed E-state index contributed by atoms with van der Waals surface area (Å²) in [5.74, 6) is -2.53. The molecule has 1 atom stereocenters. The monoisotopic (exact) mass is 534 g/mol. The van der Waals surface area contributed by atoms with E-state index in [9.17, 15) is 24.2 Å². The number of aliphatic hydroxyl groups is 1. The van der Waals surface area contributed by atoms with Gasteiger partial charge in [-0.1, -0.05) is 60.1 Å². The molecule has 4 aromatic rings. The molecule has 0 saturated heterocycles. The predicted molar refractivity (Wildman–Crippen MR) is 139 cm³/mol. The Morgan fingerprint density at radius 3 is 2.46 bits per heavy atom. The minimum Gasteiger partial charge on any atom is -0.506 e. The van der Waals surface area contributed by atoms with Gasteiger partial charge in [-0.05, 0) is 42.3 Å². The van der Waals surface area contributed by atoms with E-state index in [4.69, 9.17) is 11.6 Å². The van der Waals surface area contributed by atoms with Crippen molar-refractivity contribution in [3.8, 4) is 16.3 Å². The van der Waals surface area contributed by atoms with Crippen LogP contribution in [0.1, 0.15) is 32.5 Å². The van der Waals surface area contributed by atoms with Crippen molar-refractivity contribution < 1.29 is 24.2 Å². The molecule has 6 nitrogen and oxygen atoms in total. The maximum Gasteiger partial charge on any atom is 0.290 e. The number of hydrogen-bond donors (Lipinski definition) is 2. The summed E-state index contributed by atoms with van der Waals surface area (Å²) in [4.78, 5) is 33.3. The number of phenols is 1. The number of aromatic hydroxyl groups is 1. The van der Waals surface area contributed by atoms with E-state index in [1.165, 1.54) is 58.7 Å². The minimum absolute atomic E-state index is 0.0000530. The second kappa shape index (κ2) is 9.80. The fourth-order valence-electron chi connectivity index (χ4n) is 4.31. The summed E-state index contributed by atoms with van der Waals surface area (Å²) in [6.45, 7) is 1.70. The SMILES string of the molecule is Cc1nc(-c2ccccc2)sc1C(=O)C1=C(O)C(=O)N(Cc2ccc(F)cc2)C1c1ccc(O)c(Cl)c1. The third-order valence-electron chi connectivity index (χ3n) is 6.13. The molecule has 9 heteroatoms. The van der Waals surface area contributed by atoms with Gasteiger partial charge in [0.1, 0.15) is 16.6 Å². The van der Waals surface area contributed by atoms with Gasteiger partial charge >= 0.3 is 0 Å². The maximum absolute atomic E-state index is 13.9. The molecule has 1 aliphatic rings. The predicted octanol–water partition coefficient (Wildman–Crippen LogP) is 6.40. The number of amides is 1. The normalized spacial score (nSPS) is 15.5. The molecule has 2 heterocycles. The van der Waals surface area contributed by atoms with Crippen molar-refractivity contribution in [1.82, 2.24) is 9.88 Å². The number of carbonyl (C=O) groups is 2. The fourth-order valence-corrected chi connectivity index (χ4v) is 5.52. The quantitative estimate of drug-likeness (QED) is 0.279. The molecule has 0 spiro atoms. The van der Waals surface area contributed by atoms with Gasteiger partial charge in [-0.2, -0.15) is 0 Å². The van der Waals surface area contributed by atoms with Crippen molar-refractivity contribution in [1.29, 1.82) is 0 Å². The van der Waals surface area contributed by atoms with Crippen molar-refractivity contribution in [2.75, 3.05) is 0 Å². The number of nitrogens with zero attached hydrogens (tertiary/aromatic N) is 2. The van der Waals surface area contributed by atoms with E-state index in [-0.39, 0.29) is 22.9 Å². The van der Waals surface area contributed by atoms with Crippen LogP contribution in [0.4, 0.5) is 4.39 Å². The second-order valence-electron chi connectivity index (χ2n) is 8.56. The molecular formula is C28H20ClFN2O4S. The van der Waals surface area contributed by atoms with Crippen molar-refractivity contribution in [2.45, 2.75) is 19.5 Å². The van der Waals surface area contributed by atoms with Crippen molar-refractivity contribution in [3.63, 3.8) is 0 Å². The Morgan fingerprint density at radius 2 is 1.78 bits per heavy atom. The molecule has 3 aromatic carbocycles. The van der Waals surface area contributed by atoms with Crippen molar-refractivity contribution >= 4 is 34.6 Å². The Kier molecular flexibility index (Phi) is 6.54. The molecule has 37 heavy (non-hydrogen) atoms. The van der Waals surface area contributed by atoms with Crippen LogP contribution in [0.2, 0.25) is 5.02 Å². The zero-order valence-corrected chi connectivity index (χ0v) is 21.1. The van der Waals surface area contributed by atoms with Crippen molar-refractivity contribution in [2.24, 2.45) is 0 Å². The van der Waals surface area contributed by atoms with Crippen LogP contribution < -0.4 is 0 Å². The molecule has 5 rings (SSSR count). The number of thiazole rings is 1. The highest BCUT2D eigenvalue weighted by molar-refractivity contribution is 7.17. The van der Waals surface area contributed by atoms with Gasteiger partial charge in [-0.25, -0.2) is 9.37 Å². The van der Waals surface area contributed by atoms with E-state index < -0.39 is 29.3 Å². The minimum atomic E-state index is -0.996. The van der Waals surface area contributed by atoms with E-state index in [2.05, 4.69) is 4.98 Å². The standard InChI is InChI=1S/C28H20ClFN2O4S/c1-15-26(37-27(31-15)17-5-3-2-4-6-17)24(34)22-23(18-9-12-21(33)20(29)13-18)32(28(36)25(22)35)14-16-7-10-19(30)11-8-16/h2-13,23,33,35H,14H2,1H3. The third-order valence-corrected chi connectivity index (χ3v) is 7.63. The van der Waals surface area contributed by atoms with Crippen LogP contribution in [0.15, 0.2) is 84.1 Å². The molecule has 0 fully saturated rings. The molecule has 0 radical (unpaired) electrons. The Balaban J connectivity index is 1.59. The highest BCUT2D eigenvalue weighted by atomic mass is 35.5. The van der Waals surface area contributed by atoms with Gasteiger partial charge in [0, 0.05) is 12.1 Å². The summed E-state index contributed by atoms with van der Waals surface area (Å²) in [6.07, 6.45) is 0. The molecule has 1 aromatic heterocycles. The summed E-state index contributed by atoms with van der Waals surface area (Å²) < 4.78 is 13.5. The smallest absolute Gasteiger partial charge is 0.290 e. The third kappa shape index (κ3) is 4.61. The number of hydrogen-bond acceptors (Lipinski definition) is 6. The number of aliphatic hydroxyl groups excluding tert-OH is 1. The topological polar surface area (TPSA) is 90.7 Å². The number of phenolic OH excluding ortho intramolecular Hbond substituents is 1. The lowest BCUT2D eigenvalue weighted by Crippen LogP contribution is -2.30. The van der Waals surface area contributed by atoms with E-state index >= 15 is 0 Å². The van der Waals surface area contributed by atoms with Gasteiger partial charge in [-0.15, -0.1) is 11.3 Å². The number of aryl methyl sites for hydroxylation is 1. The lowest BCUT2D eigenvalue weighted by Gasteiger charge is -2.27. The van der Waals surface area contributed by atoms with Crippen LogP contribution in [-0.4, -0.2) is 31.8 Å². The van der Waals surface area contributed by atoms with Crippen LogP contribution in [0.25, 0.3) is 10.6 Å². The van der Waals surface area contributed by atoms with Crippen LogP contribution in [0.3, 0.4) is 0 Å². The number of Topliss-reactive ketones (excluding diaryl/α,β-unsaturated/α-hetero) is 1. The molecule has 186 valence electrons. The first-order valence-electron chi connectivity index (χ1n) is 11.3. The average Bonchev–Trinajstić information content (AvgIpc) is 3.40. The zero-order valence-electron chi connectivity index (χ0n) is 19.5. The molecular weight excluding hydrogens is 515 g/mol. The summed E-state index contributed by atoms with van der Waals surface area (Å²) in [5, 5.41) is 21.6. The first-order chi connectivity index (χ1) is 17.7. The van der Waals surface area contributed by atoms with E-state index in [0.717, 1.165) is 5.56 Å². The number of carbonyl (C=O) groups excluding carboxylic acids is 2. The van der Waals surface area contributed by atoms with E-state index in [1.54, 1.807) is 6.92 Å². The first kappa shape index (κ1) is 24.7. The van der Waals surface area contributed by atoms with Gasteiger partial charge in [0.15, 0.2) is 5.76 Å². The summed E-state index contributed by atoms with van der Waals surface area (Å²) in [6, 6.07) is 18.3. The largest absolute Gasteiger partial charge is 0.506 e. The molecule has 1 aliphatic heterocycles. The van der Waals surface area contributed by atoms with Gasteiger partial charge < -0.3 is 15.1 Å². The molecule has 1 amide bonds. The van der Waals surface area contributed by atoms with Gasteiger partial charge in [-0.3, -0.25) is 9.59 Å². The Bertz CT molecular complexity index is 1550. The Hall–Kier alpha value is -4.01. The van der Waals surface area contributed by atoms with Gasteiger partial charge in [0.05, 0.1) is 27.2 Å². The van der Waals surface area contributed by atoms with Crippen molar-refractivity contribution in [3.05, 3.63) is 117 Å². The van der Waals surface area contributed by atoms with Gasteiger partial charge in [0.2, 0.25) is 5.78 Å². The molecule has 0 bridgehead atoms. The van der Waals surface area contributed by atoms with Crippen LogP contribution in [-0.2, 0) is 11.3 Å². The van der Waals surface area contributed by atoms with Crippen LogP contribution >= 0.6 is 22.9 Å². The maximum atomic E-state index is 13.9. The highest BCUT2D eigenvalue weighted by Crippen LogP contribution is 2.43. The second-order valence-corrected chi connectivity index (χ2v) is 9.97. The summed E-state index contributed by atoms with van der Waals surface area (Å²) >= 11 is 7.34. The number of rotatable bonds is 6.